The van der Waals surface area contributed by atoms with Crippen molar-refractivity contribution < 1.29 is 27.8 Å². The maximum Gasteiger partial charge on any atom is 0.338 e. The SMILES string of the molecule is CCOC(=O)c1ccc(N(CC(C)=NNc2ccc([N+](=O)[O-])cc2[N+](=O)[O-])S(=O)(=O)c2ccc(C)cc2)cc1. The van der Waals surface area contributed by atoms with E-state index in [4.69, 9.17) is 4.74 Å². The second-order valence-electron chi connectivity index (χ2n) is 8.27. The minimum absolute atomic E-state index is 0.0225. The molecule has 0 heterocycles. The van der Waals surface area contributed by atoms with E-state index < -0.39 is 37.2 Å². The largest absolute Gasteiger partial charge is 0.462 e. The van der Waals surface area contributed by atoms with E-state index in [1.54, 1.807) is 19.1 Å². The van der Waals surface area contributed by atoms with Gasteiger partial charge in [-0.05, 0) is 63.2 Å². The normalized spacial score (nSPS) is 11.5. The highest BCUT2D eigenvalue weighted by molar-refractivity contribution is 7.92. The number of nitrogens with zero attached hydrogens (tertiary/aromatic N) is 4. The fourth-order valence-electron chi connectivity index (χ4n) is 3.41. The summed E-state index contributed by atoms with van der Waals surface area (Å²) in [5, 5.41) is 26.5. The van der Waals surface area contributed by atoms with Gasteiger partial charge in [-0.1, -0.05) is 17.7 Å². The Balaban J connectivity index is 1.97. The first-order valence-electron chi connectivity index (χ1n) is 11.5. The van der Waals surface area contributed by atoms with E-state index >= 15 is 0 Å². The summed E-state index contributed by atoms with van der Waals surface area (Å²) in [6.45, 7) is 4.92. The fraction of sp³-hybridized carbons (Fsp3) is 0.200. The van der Waals surface area contributed by atoms with Gasteiger partial charge < -0.3 is 4.74 Å². The molecular weight excluding hydrogens is 530 g/mol. The highest BCUT2D eigenvalue weighted by Gasteiger charge is 2.26. The third-order valence-corrected chi connectivity index (χ3v) is 7.19. The third kappa shape index (κ3) is 6.93. The predicted molar refractivity (Wildman–Crippen MR) is 145 cm³/mol. The molecule has 14 heteroatoms. The summed E-state index contributed by atoms with van der Waals surface area (Å²) >= 11 is 0. The van der Waals surface area contributed by atoms with Crippen LogP contribution in [0.25, 0.3) is 0 Å². The standard InChI is InChI=1S/C25H25N5O8S/c1-4-38-25(31)19-7-9-20(10-8-19)28(39(36,37)22-12-5-17(2)6-13-22)16-18(3)26-27-23-14-11-21(29(32)33)15-24(23)30(34)35/h5-15,27H,4,16H2,1-3H3. The lowest BCUT2D eigenvalue weighted by atomic mass is 10.2. The molecule has 13 nitrogen and oxygen atoms in total. The number of carbonyl (C=O) groups excluding carboxylic acids is 1. The second-order valence-corrected chi connectivity index (χ2v) is 10.1. The number of anilines is 2. The van der Waals surface area contributed by atoms with Gasteiger partial charge in [0.05, 0.1) is 50.9 Å². The van der Waals surface area contributed by atoms with Crippen LogP contribution in [0.3, 0.4) is 0 Å². The summed E-state index contributed by atoms with van der Waals surface area (Å²) in [7, 11) is -4.10. The lowest BCUT2D eigenvalue weighted by Gasteiger charge is -2.25. The van der Waals surface area contributed by atoms with Gasteiger partial charge >= 0.3 is 11.7 Å². The highest BCUT2D eigenvalue weighted by atomic mass is 32.2. The van der Waals surface area contributed by atoms with Gasteiger partial charge in [-0.2, -0.15) is 5.10 Å². The van der Waals surface area contributed by atoms with E-state index in [1.807, 2.05) is 6.92 Å². The minimum atomic E-state index is -4.10. The Morgan fingerprint density at radius 3 is 2.21 bits per heavy atom. The molecule has 3 aromatic carbocycles. The Hall–Kier alpha value is -4.85. The number of benzene rings is 3. The zero-order valence-corrected chi connectivity index (χ0v) is 22.0. The zero-order chi connectivity index (χ0) is 28.7. The van der Waals surface area contributed by atoms with Crippen molar-refractivity contribution in [2.24, 2.45) is 5.10 Å². The van der Waals surface area contributed by atoms with Gasteiger partial charge in [0, 0.05) is 6.07 Å². The Kier molecular flexibility index (Phi) is 8.93. The Morgan fingerprint density at radius 2 is 1.64 bits per heavy atom. The number of aryl methyl sites for hydroxylation is 1. The van der Waals surface area contributed by atoms with Gasteiger partial charge in [0.25, 0.3) is 15.7 Å². The van der Waals surface area contributed by atoms with Gasteiger partial charge in [0.2, 0.25) is 0 Å². The summed E-state index contributed by atoms with van der Waals surface area (Å²) in [5.74, 6) is -0.552. The number of ether oxygens (including phenoxy) is 1. The van der Waals surface area contributed by atoms with Crippen molar-refractivity contribution in [3.8, 4) is 0 Å². The molecule has 0 amide bonds. The number of nitrogens with one attached hydrogen (secondary N) is 1. The number of sulfonamides is 1. The van der Waals surface area contributed by atoms with E-state index in [-0.39, 0.29) is 40.7 Å². The smallest absolute Gasteiger partial charge is 0.338 e. The molecule has 1 N–H and O–H groups in total. The molecular formula is C25H25N5O8S. The van der Waals surface area contributed by atoms with Crippen molar-refractivity contribution in [1.82, 2.24) is 0 Å². The van der Waals surface area contributed by atoms with Crippen LogP contribution in [0.2, 0.25) is 0 Å². The zero-order valence-electron chi connectivity index (χ0n) is 21.2. The molecule has 0 fully saturated rings. The topological polar surface area (TPSA) is 174 Å². The summed E-state index contributed by atoms with van der Waals surface area (Å²) in [6, 6.07) is 15.1. The molecule has 3 aromatic rings. The number of carbonyl (C=O) groups is 1. The van der Waals surface area contributed by atoms with Crippen molar-refractivity contribution in [2.45, 2.75) is 25.7 Å². The molecule has 204 valence electrons. The van der Waals surface area contributed by atoms with Crippen molar-refractivity contribution in [1.29, 1.82) is 0 Å². The number of nitro groups is 2. The molecule has 0 aliphatic carbocycles. The number of rotatable bonds is 11. The quantitative estimate of drug-likeness (QED) is 0.152. The monoisotopic (exact) mass is 555 g/mol. The average molecular weight is 556 g/mol. The molecule has 0 aliphatic rings. The number of nitro benzene ring substituents is 2. The fourth-order valence-corrected chi connectivity index (χ4v) is 4.90. The van der Waals surface area contributed by atoms with Crippen molar-refractivity contribution in [3.05, 3.63) is 98.1 Å². The van der Waals surface area contributed by atoms with Crippen LogP contribution < -0.4 is 9.73 Å². The van der Waals surface area contributed by atoms with Gasteiger partial charge in [0.15, 0.2) is 0 Å². The number of esters is 1. The first kappa shape index (κ1) is 28.7. The van der Waals surface area contributed by atoms with Crippen molar-refractivity contribution in [3.63, 3.8) is 0 Å². The van der Waals surface area contributed by atoms with Gasteiger partial charge in [-0.3, -0.25) is 30.0 Å². The molecule has 39 heavy (non-hydrogen) atoms. The van der Waals surface area contributed by atoms with Crippen LogP contribution in [0.5, 0.6) is 0 Å². The second kappa shape index (κ2) is 12.1. The molecule has 0 bridgehead atoms. The Morgan fingerprint density at radius 1 is 1.00 bits per heavy atom. The van der Waals surface area contributed by atoms with Crippen LogP contribution >= 0.6 is 0 Å². The third-order valence-electron chi connectivity index (χ3n) is 5.40. The molecule has 0 aliphatic heterocycles. The minimum Gasteiger partial charge on any atom is -0.462 e. The van der Waals surface area contributed by atoms with Crippen molar-refractivity contribution >= 4 is 44.5 Å². The van der Waals surface area contributed by atoms with Gasteiger partial charge in [0.1, 0.15) is 5.69 Å². The van der Waals surface area contributed by atoms with Crippen LogP contribution in [-0.2, 0) is 14.8 Å². The van der Waals surface area contributed by atoms with Crippen LogP contribution in [0.4, 0.5) is 22.7 Å². The summed E-state index contributed by atoms with van der Waals surface area (Å²) in [6.07, 6.45) is 0. The first-order chi connectivity index (χ1) is 18.4. The molecule has 0 saturated heterocycles. The lowest BCUT2D eigenvalue weighted by Crippen LogP contribution is -2.35. The molecule has 3 rings (SSSR count). The summed E-state index contributed by atoms with van der Waals surface area (Å²) in [4.78, 5) is 32.9. The van der Waals surface area contributed by atoms with Gasteiger partial charge in [-0.15, -0.1) is 0 Å². The van der Waals surface area contributed by atoms with E-state index in [2.05, 4.69) is 10.5 Å². The van der Waals surface area contributed by atoms with E-state index in [0.29, 0.717) is 0 Å². The summed E-state index contributed by atoms with van der Waals surface area (Å²) < 4.78 is 33.3. The molecule has 0 unspecified atom stereocenters. The lowest BCUT2D eigenvalue weighted by molar-refractivity contribution is -0.393. The molecule has 0 radical (unpaired) electrons. The number of hydrazone groups is 1. The maximum absolute atomic E-state index is 13.6. The first-order valence-corrected chi connectivity index (χ1v) is 13.0. The Bertz CT molecular complexity index is 1520. The Labute approximate surface area is 224 Å². The molecule has 0 aromatic heterocycles. The summed E-state index contributed by atoms with van der Waals surface area (Å²) in [5.41, 5.74) is 2.91. The number of non-ortho nitro benzene ring substituents is 1. The van der Waals surface area contributed by atoms with Crippen LogP contribution in [-0.4, -0.2) is 43.1 Å². The molecule has 0 atom stereocenters. The van der Waals surface area contributed by atoms with Crippen molar-refractivity contribution in [2.75, 3.05) is 22.9 Å². The predicted octanol–water partition coefficient (Wildman–Crippen LogP) is 4.67. The van der Waals surface area contributed by atoms with E-state index in [1.165, 1.54) is 43.3 Å². The van der Waals surface area contributed by atoms with Crippen LogP contribution in [0.1, 0.15) is 29.8 Å². The average Bonchev–Trinajstić information content (AvgIpc) is 2.90. The highest BCUT2D eigenvalue weighted by Crippen LogP contribution is 2.29. The number of hydrogen-bond acceptors (Lipinski definition) is 10. The number of hydrogen-bond donors (Lipinski definition) is 1. The van der Waals surface area contributed by atoms with E-state index in [0.717, 1.165) is 28.1 Å². The van der Waals surface area contributed by atoms with Gasteiger partial charge in [-0.25, -0.2) is 13.2 Å². The molecule has 0 spiro atoms. The maximum atomic E-state index is 13.6. The molecule has 0 saturated carbocycles. The van der Waals surface area contributed by atoms with Crippen LogP contribution in [0.15, 0.2) is 76.7 Å². The van der Waals surface area contributed by atoms with Crippen LogP contribution in [0, 0.1) is 27.2 Å². The van der Waals surface area contributed by atoms with E-state index in [9.17, 15) is 33.4 Å².